The molecule has 2 aromatic rings. The van der Waals surface area contributed by atoms with Crippen molar-refractivity contribution in [3.63, 3.8) is 0 Å². The second-order valence-electron chi connectivity index (χ2n) is 6.73. The molecule has 2 unspecified atom stereocenters. The maximum Gasteiger partial charge on any atom is 0.269 e. The minimum absolute atomic E-state index is 0.0285. The molecule has 1 fully saturated rings. The van der Waals surface area contributed by atoms with Gasteiger partial charge in [-0.2, -0.15) is 0 Å². The molecule has 5 nitrogen and oxygen atoms in total. The molecule has 4 rings (SSSR count). The van der Waals surface area contributed by atoms with Crippen molar-refractivity contribution in [2.24, 2.45) is 0 Å². The smallest absolute Gasteiger partial charge is 0.269 e. The van der Waals surface area contributed by atoms with Crippen molar-refractivity contribution < 1.29 is 9.53 Å². The number of carbonyl (C=O) groups is 1. The van der Waals surface area contributed by atoms with Crippen LogP contribution in [0.5, 0.6) is 5.75 Å². The van der Waals surface area contributed by atoms with Gasteiger partial charge in [0.1, 0.15) is 0 Å². The van der Waals surface area contributed by atoms with E-state index in [4.69, 9.17) is 4.74 Å². The third kappa shape index (κ3) is 3.12. The minimum atomic E-state index is -0.499. The Morgan fingerprint density at radius 2 is 1.92 bits per heavy atom. The molecule has 0 N–H and O–H groups in total. The number of amides is 1. The molecule has 3 heterocycles. The van der Waals surface area contributed by atoms with Crippen LogP contribution < -0.4 is 9.64 Å². The summed E-state index contributed by atoms with van der Waals surface area (Å²) in [5, 5.41) is 0. The summed E-state index contributed by atoms with van der Waals surface area (Å²) in [4.78, 5) is 21.8. The Labute approximate surface area is 148 Å². The van der Waals surface area contributed by atoms with E-state index >= 15 is 0 Å². The fourth-order valence-corrected chi connectivity index (χ4v) is 3.72. The molecule has 2 atom stereocenters. The molecule has 0 bridgehead atoms. The first-order valence-corrected chi connectivity index (χ1v) is 8.96. The second kappa shape index (κ2) is 6.84. The summed E-state index contributed by atoms with van der Waals surface area (Å²) in [5.41, 5.74) is 1.13. The SMILES string of the molecule is CC1Oc2cccnc2N(C(CN2CCCC2)c2ccccc2)C1=O. The number of benzene rings is 1. The highest BCUT2D eigenvalue weighted by Crippen LogP contribution is 2.38. The first kappa shape index (κ1) is 16.1. The van der Waals surface area contributed by atoms with E-state index in [-0.39, 0.29) is 11.9 Å². The Morgan fingerprint density at radius 3 is 2.68 bits per heavy atom. The number of pyridine rings is 1. The lowest BCUT2D eigenvalue weighted by Gasteiger charge is -2.39. The van der Waals surface area contributed by atoms with Gasteiger partial charge in [0.15, 0.2) is 17.7 Å². The molecule has 0 radical (unpaired) electrons. The maximum absolute atomic E-state index is 13.0. The van der Waals surface area contributed by atoms with E-state index in [1.807, 2.05) is 42.2 Å². The summed E-state index contributed by atoms with van der Waals surface area (Å²) in [5.74, 6) is 1.27. The maximum atomic E-state index is 13.0. The van der Waals surface area contributed by atoms with Gasteiger partial charge in [-0.1, -0.05) is 30.3 Å². The first-order valence-electron chi connectivity index (χ1n) is 8.96. The van der Waals surface area contributed by atoms with Gasteiger partial charge in [0.25, 0.3) is 5.91 Å². The third-order valence-electron chi connectivity index (χ3n) is 4.99. The number of aromatic nitrogens is 1. The van der Waals surface area contributed by atoms with Gasteiger partial charge in [-0.05, 0) is 50.6 Å². The highest BCUT2D eigenvalue weighted by molar-refractivity contribution is 5.99. The molecule has 5 heteroatoms. The molecule has 1 aromatic heterocycles. The van der Waals surface area contributed by atoms with Crippen LogP contribution in [-0.2, 0) is 4.79 Å². The third-order valence-corrected chi connectivity index (χ3v) is 4.99. The van der Waals surface area contributed by atoms with Crippen LogP contribution in [0.3, 0.4) is 0 Å². The van der Waals surface area contributed by atoms with Gasteiger partial charge in [-0.25, -0.2) is 4.98 Å². The average molecular weight is 337 g/mol. The summed E-state index contributed by atoms with van der Waals surface area (Å²) in [6.45, 7) is 4.81. The van der Waals surface area contributed by atoms with Crippen LogP contribution in [0.2, 0.25) is 0 Å². The van der Waals surface area contributed by atoms with Crippen LogP contribution in [0.4, 0.5) is 5.82 Å². The molecule has 0 aliphatic carbocycles. The van der Waals surface area contributed by atoms with Crippen molar-refractivity contribution >= 4 is 11.7 Å². The first-order chi connectivity index (χ1) is 12.2. The number of nitrogens with zero attached hydrogens (tertiary/aromatic N) is 3. The summed E-state index contributed by atoms with van der Waals surface area (Å²) >= 11 is 0. The Hall–Kier alpha value is -2.40. The molecule has 25 heavy (non-hydrogen) atoms. The number of hydrogen-bond acceptors (Lipinski definition) is 4. The lowest BCUT2D eigenvalue weighted by Crippen LogP contribution is -2.49. The molecule has 0 spiro atoms. The number of likely N-dealkylation sites (tertiary alicyclic amines) is 1. The number of carbonyl (C=O) groups excluding carboxylic acids is 1. The average Bonchev–Trinajstić information content (AvgIpc) is 3.15. The van der Waals surface area contributed by atoms with E-state index in [1.165, 1.54) is 12.8 Å². The Bertz CT molecular complexity index is 744. The van der Waals surface area contributed by atoms with Gasteiger partial charge < -0.3 is 9.64 Å². The lowest BCUT2D eigenvalue weighted by atomic mass is 10.0. The zero-order valence-corrected chi connectivity index (χ0v) is 14.5. The van der Waals surface area contributed by atoms with E-state index in [0.717, 1.165) is 25.2 Å². The van der Waals surface area contributed by atoms with Crippen molar-refractivity contribution in [1.82, 2.24) is 9.88 Å². The van der Waals surface area contributed by atoms with Crippen LogP contribution in [0, 0.1) is 0 Å². The number of anilines is 1. The zero-order chi connectivity index (χ0) is 17.2. The van der Waals surface area contributed by atoms with Gasteiger partial charge in [0, 0.05) is 12.7 Å². The molecule has 1 aromatic carbocycles. The molecular weight excluding hydrogens is 314 g/mol. The van der Waals surface area contributed by atoms with Crippen LogP contribution in [0.1, 0.15) is 31.4 Å². The van der Waals surface area contributed by atoms with Crippen molar-refractivity contribution in [1.29, 1.82) is 0 Å². The van der Waals surface area contributed by atoms with E-state index < -0.39 is 6.10 Å². The second-order valence-corrected chi connectivity index (χ2v) is 6.73. The Balaban J connectivity index is 1.76. The van der Waals surface area contributed by atoms with Crippen molar-refractivity contribution in [2.75, 3.05) is 24.5 Å². The fraction of sp³-hybridized carbons (Fsp3) is 0.400. The van der Waals surface area contributed by atoms with E-state index in [2.05, 4.69) is 22.0 Å². The number of hydrogen-bond donors (Lipinski definition) is 0. The topological polar surface area (TPSA) is 45.7 Å². The van der Waals surface area contributed by atoms with Crippen molar-refractivity contribution in [3.8, 4) is 5.75 Å². The largest absolute Gasteiger partial charge is 0.477 e. The van der Waals surface area contributed by atoms with Gasteiger partial charge in [0.2, 0.25) is 0 Å². The lowest BCUT2D eigenvalue weighted by molar-refractivity contribution is -0.126. The van der Waals surface area contributed by atoms with Gasteiger partial charge in [0.05, 0.1) is 6.04 Å². The van der Waals surface area contributed by atoms with E-state index in [0.29, 0.717) is 11.6 Å². The standard InChI is InChI=1S/C20H23N3O2/c1-15-20(24)23(19-18(25-15)10-7-11-21-19)17(14-22-12-5-6-13-22)16-8-3-2-4-9-16/h2-4,7-11,15,17H,5-6,12-14H2,1H3. The van der Waals surface area contributed by atoms with Crippen LogP contribution in [0.15, 0.2) is 48.7 Å². The predicted octanol–water partition coefficient (Wildman–Crippen LogP) is 3.03. The van der Waals surface area contributed by atoms with E-state index in [1.54, 1.807) is 6.20 Å². The zero-order valence-electron chi connectivity index (χ0n) is 14.5. The van der Waals surface area contributed by atoms with Gasteiger partial charge in [-0.15, -0.1) is 0 Å². The Kier molecular flexibility index (Phi) is 4.40. The quantitative estimate of drug-likeness (QED) is 0.860. The summed E-state index contributed by atoms with van der Waals surface area (Å²) in [6, 6.07) is 13.9. The van der Waals surface area contributed by atoms with Crippen molar-refractivity contribution in [3.05, 3.63) is 54.2 Å². The number of rotatable bonds is 4. The normalized spacial score (nSPS) is 21.7. The van der Waals surface area contributed by atoms with Crippen LogP contribution in [-0.4, -0.2) is 41.5 Å². The monoisotopic (exact) mass is 337 g/mol. The Morgan fingerprint density at radius 1 is 1.16 bits per heavy atom. The van der Waals surface area contributed by atoms with Crippen molar-refractivity contribution in [2.45, 2.75) is 31.9 Å². The number of fused-ring (bicyclic) bond motifs is 1. The minimum Gasteiger partial charge on any atom is -0.477 e. The molecule has 2 aliphatic heterocycles. The molecule has 0 saturated carbocycles. The highest BCUT2D eigenvalue weighted by atomic mass is 16.5. The number of ether oxygens (including phenoxy) is 1. The fourth-order valence-electron chi connectivity index (χ4n) is 3.72. The molecule has 130 valence electrons. The molecule has 2 aliphatic rings. The summed E-state index contributed by atoms with van der Waals surface area (Å²) in [7, 11) is 0. The van der Waals surface area contributed by atoms with E-state index in [9.17, 15) is 4.79 Å². The van der Waals surface area contributed by atoms with Crippen LogP contribution >= 0.6 is 0 Å². The molecule has 1 saturated heterocycles. The predicted molar refractivity (Wildman–Crippen MR) is 96.7 cm³/mol. The summed E-state index contributed by atoms with van der Waals surface area (Å²) in [6.07, 6.45) is 3.67. The highest BCUT2D eigenvalue weighted by Gasteiger charge is 2.38. The molecular formula is C20H23N3O2. The van der Waals surface area contributed by atoms with Crippen LogP contribution in [0.25, 0.3) is 0 Å². The van der Waals surface area contributed by atoms with Gasteiger partial charge >= 0.3 is 0 Å². The molecule has 1 amide bonds. The van der Waals surface area contributed by atoms with Gasteiger partial charge in [-0.3, -0.25) is 9.69 Å². The summed E-state index contributed by atoms with van der Waals surface area (Å²) < 4.78 is 5.76.